The Labute approximate surface area is 111 Å². The van der Waals surface area contributed by atoms with E-state index in [4.69, 9.17) is 4.99 Å². The number of thioether (sulfide) groups is 1. The number of hydrogen-bond acceptors (Lipinski definition) is 3. The van der Waals surface area contributed by atoms with E-state index in [0.29, 0.717) is 17.4 Å². The van der Waals surface area contributed by atoms with E-state index in [2.05, 4.69) is 39.9 Å². The van der Waals surface area contributed by atoms with Gasteiger partial charge in [-0.1, -0.05) is 45.9 Å². The van der Waals surface area contributed by atoms with Crippen molar-refractivity contribution in [1.82, 2.24) is 5.32 Å². The molecule has 0 saturated carbocycles. The zero-order valence-electron chi connectivity index (χ0n) is 12.0. The Hall–Kier alpha value is -0.180. The van der Waals surface area contributed by atoms with Crippen molar-refractivity contribution in [3.05, 3.63) is 0 Å². The average Bonchev–Trinajstić information content (AvgIpc) is 2.39. The van der Waals surface area contributed by atoms with Crippen molar-refractivity contribution in [2.24, 2.45) is 16.3 Å². The molecule has 0 aromatic heterocycles. The number of aliphatic imine (C=N–C) groups is 1. The third-order valence-electron chi connectivity index (χ3n) is 4.42. The summed E-state index contributed by atoms with van der Waals surface area (Å²) in [7, 11) is 0. The molecule has 1 aliphatic heterocycles. The maximum atomic E-state index is 4.75. The van der Waals surface area contributed by atoms with Crippen molar-refractivity contribution in [2.75, 3.05) is 12.3 Å². The SMILES string of the molecule is CCC(C)C(C)NC1=NCC(CC)(CC)CS1. The van der Waals surface area contributed by atoms with Crippen LogP contribution in [0.5, 0.6) is 0 Å². The van der Waals surface area contributed by atoms with E-state index in [0.717, 1.165) is 11.7 Å². The van der Waals surface area contributed by atoms with Crippen LogP contribution in [0, 0.1) is 11.3 Å². The Balaban J connectivity index is 2.51. The van der Waals surface area contributed by atoms with Gasteiger partial charge in [0.2, 0.25) is 0 Å². The normalized spacial score (nSPS) is 22.8. The zero-order valence-corrected chi connectivity index (χ0v) is 12.9. The second-order valence-corrected chi connectivity index (χ2v) is 6.40. The van der Waals surface area contributed by atoms with Gasteiger partial charge in [-0.2, -0.15) is 0 Å². The lowest BCUT2D eigenvalue weighted by molar-refractivity contribution is 0.317. The summed E-state index contributed by atoms with van der Waals surface area (Å²) >= 11 is 1.91. The topological polar surface area (TPSA) is 24.4 Å². The van der Waals surface area contributed by atoms with Crippen LogP contribution >= 0.6 is 11.8 Å². The second kappa shape index (κ2) is 6.67. The molecule has 0 saturated heterocycles. The Morgan fingerprint density at radius 2 is 1.94 bits per heavy atom. The van der Waals surface area contributed by atoms with Crippen LogP contribution in [-0.4, -0.2) is 23.5 Å². The minimum Gasteiger partial charge on any atom is -0.362 e. The standard InChI is InChI=1S/C14H28N2S/c1-6-11(4)12(5)16-13-15-9-14(7-2,8-3)10-17-13/h11-12H,6-10H2,1-5H3,(H,15,16). The molecular weight excluding hydrogens is 228 g/mol. The lowest BCUT2D eigenvalue weighted by Crippen LogP contribution is -2.40. The molecule has 2 unspecified atom stereocenters. The Kier molecular flexibility index (Phi) is 5.84. The quantitative estimate of drug-likeness (QED) is 0.806. The molecule has 17 heavy (non-hydrogen) atoms. The van der Waals surface area contributed by atoms with E-state index in [1.165, 1.54) is 25.0 Å². The highest BCUT2D eigenvalue weighted by molar-refractivity contribution is 8.13. The Morgan fingerprint density at radius 1 is 1.29 bits per heavy atom. The number of nitrogens with one attached hydrogen (secondary N) is 1. The molecule has 0 spiro atoms. The second-order valence-electron chi connectivity index (χ2n) is 5.44. The predicted octanol–water partition coefficient (Wildman–Crippen LogP) is 3.92. The molecule has 2 atom stereocenters. The largest absolute Gasteiger partial charge is 0.362 e. The third-order valence-corrected chi connectivity index (χ3v) is 5.70. The molecule has 1 rings (SSSR count). The molecule has 1 aliphatic rings. The fourth-order valence-electron chi connectivity index (χ4n) is 2.01. The molecule has 3 heteroatoms. The monoisotopic (exact) mass is 256 g/mol. The van der Waals surface area contributed by atoms with Crippen LogP contribution in [0.3, 0.4) is 0 Å². The first-order chi connectivity index (χ1) is 8.06. The lowest BCUT2D eigenvalue weighted by atomic mass is 9.84. The van der Waals surface area contributed by atoms with Crippen molar-refractivity contribution in [3.8, 4) is 0 Å². The summed E-state index contributed by atoms with van der Waals surface area (Å²) in [4.78, 5) is 4.75. The van der Waals surface area contributed by atoms with Gasteiger partial charge in [0.1, 0.15) is 0 Å². The molecule has 0 amide bonds. The minimum atomic E-state index is 0.454. The van der Waals surface area contributed by atoms with Gasteiger partial charge in [-0.15, -0.1) is 0 Å². The lowest BCUT2D eigenvalue weighted by Gasteiger charge is -2.34. The zero-order chi connectivity index (χ0) is 12.9. The first-order valence-electron chi connectivity index (χ1n) is 7.00. The summed E-state index contributed by atoms with van der Waals surface area (Å²) in [5, 5.41) is 4.73. The summed E-state index contributed by atoms with van der Waals surface area (Å²) < 4.78 is 0. The molecular formula is C14H28N2S. The first-order valence-corrected chi connectivity index (χ1v) is 7.99. The third kappa shape index (κ3) is 3.90. The molecule has 0 aromatic carbocycles. The summed E-state index contributed by atoms with van der Waals surface area (Å²) in [5.74, 6) is 1.93. The highest BCUT2D eigenvalue weighted by Gasteiger charge is 2.30. The van der Waals surface area contributed by atoms with Gasteiger partial charge in [-0.3, -0.25) is 4.99 Å². The van der Waals surface area contributed by atoms with Crippen LogP contribution in [0.25, 0.3) is 0 Å². The highest BCUT2D eigenvalue weighted by Crippen LogP contribution is 2.34. The fourth-order valence-corrected chi connectivity index (χ4v) is 3.38. The van der Waals surface area contributed by atoms with Gasteiger partial charge in [-0.25, -0.2) is 0 Å². The van der Waals surface area contributed by atoms with Crippen LogP contribution < -0.4 is 5.32 Å². The molecule has 1 heterocycles. The summed E-state index contributed by atoms with van der Waals surface area (Å²) in [6.45, 7) is 12.4. The molecule has 0 aliphatic carbocycles. The summed E-state index contributed by atoms with van der Waals surface area (Å²) in [5.41, 5.74) is 0.454. The van der Waals surface area contributed by atoms with E-state index in [9.17, 15) is 0 Å². The van der Waals surface area contributed by atoms with E-state index in [1.54, 1.807) is 0 Å². The van der Waals surface area contributed by atoms with Crippen molar-refractivity contribution in [2.45, 2.75) is 59.9 Å². The van der Waals surface area contributed by atoms with Crippen LogP contribution in [0.15, 0.2) is 4.99 Å². The number of hydrogen-bond donors (Lipinski definition) is 1. The number of nitrogens with zero attached hydrogens (tertiary/aromatic N) is 1. The van der Waals surface area contributed by atoms with Crippen molar-refractivity contribution < 1.29 is 0 Å². The van der Waals surface area contributed by atoms with Gasteiger partial charge in [0.25, 0.3) is 0 Å². The van der Waals surface area contributed by atoms with Crippen molar-refractivity contribution in [1.29, 1.82) is 0 Å². The van der Waals surface area contributed by atoms with Crippen molar-refractivity contribution in [3.63, 3.8) is 0 Å². The summed E-state index contributed by atoms with van der Waals surface area (Å²) in [6.07, 6.45) is 3.71. The molecule has 1 N–H and O–H groups in total. The number of amidine groups is 1. The number of rotatable bonds is 5. The molecule has 0 aromatic rings. The fraction of sp³-hybridized carbons (Fsp3) is 0.929. The smallest absolute Gasteiger partial charge is 0.156 e. The molecule has 2 nitrogen and oxygen atoms in total. The minimum absolute atomic E-state index is 0.454. The van der Waals surface area contributed by atoms with E-state index >= 15 is 0 Å². The summed E-state index contributed by atoms with van der Waals surface area (Å²) in [6, 6.07) is 0.530. The van der Waals surface area contributed by atoms with Gasteiger partial charge in [-0.05, 0) is 31.1 Å². The Bertz CT molecular complexity index is 259. The predicted molar refractivity (Wildman–Crippen MR) is 79.8 cm³/mol. The van der Waals surface area contributed by atoms with Gasteiger partial charge in [0, 0.05) is 18.3 Å². The van der Waals surface area contributed by atoms with Gasteiger partial charge < -0.3 is 5.32 Å². The van der Waals surface area contributed by atoms with Crippen LogP contribution in [0.1, 0.15) is 53.9 Å². The first kappa shape index (κ1) is 14.9. The molecule has 100 valence electrons. The maximum absolute atomic E-state index is 4.75. The Morgan fingerprint density at radius 3 is 2.35 bits per heavy atom. The van der Waals surface area contributed by atoms with Crippen LogP contribution in [0.4, 0.5) is 0 Å². The van der Waals surface area contributed by atoms with Gasteiger partial charge in [0.15, 0.2) is 5.17 Å². The van der Waals surface area contributed by atoms with E-state index < -0.39 is 0 Å². The molecule has 0 bridgehead atoms. The van der Waals surface area contributed by atoms with Crippen LogP contribution in [-0.2, 0) is 0 Å². The molecule has 0 radical (unpaired) electrons. The maximum Gasteiger partial charge on any atom is 0.156 e. The van der Waals surface area contributed by atoms with Gasteiger partial charge in [0.05, 0.1) is 0 Å². The average molecular weight is 256 g/mol. The van der Waals surface area contributed by atoms with Crippen molar-refractivity contribution >= 4 is 16.9 Å². The molecule has 0 fully saturated rings. The van der Waals surface area contributed by atoms with E-state index in [-0.39, 0.29) is 0 Å². The van der Waals surface area contributed by atoms with Crippen LogP contribution in [0.2, 0.25) is 0 Å². The highest BCUT2D eigenvalue weighted by atomic mass is 32.2. The van der Waals surface area contributed by atoms with E-state index in [1.807, 2.05) is 11.8 Å². The van der Waals surface area contributed by atoms with Gasteiger partial charge >= 0.3 is 0 Å².